The summed E-state index contributed by atoms with van der Waals surface area (Å²) in [7, 11) is 0. The van der Waals surface area contributed by atoms with Gasteiger partial charge in [0.25, 0.3) is 0 Å². The largest absolute Gasteiger partial charge is 0.477 e. The predicted octanol–water partition coefficient (Wildman–Crippen LogP) is 3.22. The maximum absolute atomic E-state index is 11.6. The molecule has 3 heterocycles. The van der Waals surface area contributed by atoms with Crippen molar-refractivity contribution in [2.75, 3.05) is 0 Å². The minimum atomic E-state index is -1.03. The van der Waals surface area contributed by atoms with E-state index >= 15 is 0 Å². The van der Waals surface area contributed by atoms with E-state index in [9.17, 15) is 9.90 Å². The summed E-state index contributed by atoms with van der Waals surface area (Å²) in [5, 5.41) is 14.8. The number of carboxylic acid groups (broad SMARTS) is 1. The molecule has 0 spiro atoms. The lowest BCUT2D eigenvalue weighted by molar-refractivity contribution is 0.0697. The molecule has 0 atom stereocenters. The number of carboxylic acids is 1. The van der Waals surface area contributed by atoms with Gasteiger partial charge < -0.3 is 9.67 Å². The quantitative estimate of drug-likeness (QED) is 0.629. The summed E-state index contributed by atoms with van der Waals surface area (Å²) < 4.78 is 3.28. The molecule has 3 aromatic heterocycles. The molecule has 0 unspecified atom stereocenters. The van der Waals surface area contributed by atoms with E-state index < -0.39 is 5.97 Å². The number of para-hydroxylation sites is 1. The predicted molar refractivity (Wildman–Crippen MR) is 89.9 cm³/mol. The minimum Gasteiger partial charge on any atom is -0.477 e. The Morgan fingerprint density at radius 1 is 1.12 bits per heavy atom. The number of hydrogen-bond donors (Lipinski definition) is 1. The number of carbonyl (C=O) groups is 1. The van der Waals surface area contributed by atoms with E-state index in [-0.39, 0.29) is 5.56 Å². The number of benzene rings is 1. The first-order valence-corrected chi connectivity index (χ1v) is 7.46. The van der Waals surface area contributed by atoms with Crippen LogP contribution in [0.5, 0.6) is 0 Å². The number of fused-ring (bicyclic) bond motifs is 1. The summed E-state index contributed by atoms with van der Waals surface area (Å²) in [6.45, 7) is 2.00. The molecule has 6 heteroatoms. The molecule has 0 saturated heterocycles. The van der Waals surface area contributed by atoms with Gasteiger partial charge in [-0.1, -0.05) is 18.2 Å². The van der Waals surface area contributed by atoms with Crippen LogP contribution in [0, 0.1) is 6.92 Å². The Morgan fingerprint density at radius 3 is 2.62 bits per heavy atom. The summed E-state index contributed by atoms with van der Waals surface area (Å²) in [4.78, 5) is 16.2. The second-order valence-electron chi connectivity index (χ2n) is 5.50. The van der Waals surface area contributed by atoms with Gasteiger partial charge in [-0.05, 0) is 36.8 Å². The molecule has 1 N–H and O–H groups in total. The van der Waals surface area contributed by atoms with Crippen LogP contribution in [-0.2, 0) is 0 Å². The van der Waals surface area contributed by atoms with Crippen LogP contribution in [0.3, 0.4) is 0 Å². The topological polar surface area (TPSA) is 72.9 Å². The Hall–Kier alpha value is -3.41. The van der Waals surface area contributed by atoms with Gasteiger partial charge in [0.15, 0.2) is 11.6 Å². The molecule has 0 saturated carbocycles. The number of rotatable bonds is 3. The molecule has 4 aromatic rings. The summed E-state index contributed by atoms with van der Waals surface area (Å²) in [6, 6.07) is 13.4. The Bertz CT molecular complexity index is 1050. The van der Waals surface area contributed by atoms with Crippen molar-refractivity contribution in [2.24, 2.45) is 0 Å². The van der Waals surface area contributed by atoms with Crippen molar-refractivity contribution in [1.82, 2.24) is 19.3 Å². The van der Waals surface area contributed by atoms with Crippen LogP contribution in [0.15, 0.2) is 61.1 Å². The molecular formula is C18H14N4O2. The van der Waals surface area contributed by atoms with Gasteiger partial charge >= 0.3 is 5.97 Å². The Kier molecular flexibility index (Phi) is 3.16. The van der Waals surface area contributed by atoms with Crippen LogP contribution in [0.25, 0.3) is 22.5 Å². The van der Waals surface area contributed by atoms with Crippen molar-refractivity contribution in [3.05, 3.63) is 72.2 Å². The van der Waals surface area contributed by atoms with Crippen molar-refractivity contribution >= 4 is 16.9 Å². The zero-order valence-corrected chi connectivity index (χ0v) is 12.9. The number of aryl methyl sites for hydroxylation is 1. The average molecular weight is 318 g/mol. The Balaban J connectivity index is 1.99. The van der Waals surface area contributed by atoms with Crippen molar-refractivity contribution < 1.29 is 9.90 Å². The van der Waals surface area contributed by atoms with Gasteiger partial charge in [-0.2, -0.15) is 9.78 Å². The monoisotopic (exact) mass is 318 g/mol. The normalized spacial score (nSPS) is 11.0. The van der Waals surface area contributed by atoms with Crippen LogP contribution >= 0.6 is 0 Å². The lowest BCUT2D eigenvalue weighted by Gasteiger charge is -2.11. The van der Waals surface area contributed by atoms with E-state index in [1.54, 1.807) is 21.6 Å². The van der Waals surface area contributed by atoms with Gasteiger partial charge in [0.1, 0.15) is 5.56 Å². The molecule has 0 bridgehead atoms. The van der Waals surface area contributed by atoms with E-state index in [1.807, 2.05) is 49.4 Å². The maximum atomic E-state index is 11.6. The molecular weight excluding hydrogens is 304 g/mol. The van der Waals surface area contributed by atoms with Gasteiger partial charge in [0.2, 0.25) is 0 Å². The van der Waals surface area contributed by atoms with Crippen LogP contribution in [0.4, 0.5) is 0 Å². The van der Waals surface area contributed by atoms with Crippen LogP contribution in [0.1, 0.15) is 15.9 Å². The van der Waals surface area contributed by atoms with E-state index in [1.165, 1.54) is 6.20 Å². The van der Waals surface area contributed by atoms with E-state index in [0.29, 0.717) is 11.6 Å². The molecule has 1 aromatic carbocycles. The number of aromatic nitrogens is 4. The summed E-state index contributed by atoms with van der Waals surface area (Å²) >= 11 is 0. The van der Waals surface area contributed by atoms with Crippen molar-refractivity contribution in [3.8, 4) is 11.6 Å². The highest BCUT2D eigenvalue weighted by atomic mass is 16.4. The van der Waals surface area contributed by atoms with Gasteiger partial charge in [-0.15, -0.1) is 0 Å². The summed E-state index contributed by atoms with van der Waals surface area (Å²) in [5.41, 5.74) is 2.03. The van der Waals surface area contributed by atoms with E-state index in [2.05, 4.69) is 10.1 Å². The van der Waals surface area contributed by atoms with Gasteiger partial charge in [-0.25, -0.2) is 9.78 Å². The molecule has 0 aliphatic heterocycles. The highest BCUT2D eigenvalue weighted by Crippen LogP contribution is 2.23. The third-order valence-corrected chi connectivity index (χ3v) is 3.95. The second kappa shape index (κ2) is 5.34. The van der Waals surface area contributed by atoms with Crippen LogP contribution in [-0.4, -0.2) is 30.4 Å². The molecule has 0 radical (unpaired) electrons. The van der Waals surface area contributed by atoms with E-state index in [0.717, 1.165) is 16.5 Å². The smallest absolute Gasteiger partial charge is 0.341 e. The lowest BCUT2D eigenvalue weighted by Crippen LogP contribution is -2.10. The van der Waals surface area contributed by atoms with Crippen LogP contribution < -0.4 is 0 Å². The highest BCUT2D eigenvalue weighted by molar-refractivity contribution is 5.91. The minimum absolute atomic E-state index is 0.124. The molecule has 24 heavy (non-hydrogen) atoms. The Labute approximate surface area is 137 Å². The molecule has 0 fully saturated rings. The molecule has 6 nitrogen and oxygen atoms in total. The fourth-order valence-corrected chi connectivity index (χ4v) is 2.82. The molecule has 0 aliphatic carbocycles. The summed E-state index contributed by atoms with van der Waals surface area (Å²) in [5.74, 6) is 0.0135. The van der Waals surface area contributed by atoms with Gasteiger partial charge in [0, 0.05) is 17.8 Å². The zero-order chi connectivity index (χ0) is 16.7. The SMILES string of the molecule is Cc1cc(-n2ncc(C(=O)O)c2-n2cccc2)nc2ccccc12. The molecule has 118 valence electrons. The van der Waals surface area contributed by atoms with E-state index in [4.69, 9.17) is 0 Å². The Morgan fingerprint density at radius 2 is 1.88 bits per heavy atom. The second-order valence-corrected chi connectivity index (χ2v) is 5.50. The first-order chi connectivity index (χ1) is 11.6. The first-order valence-electron chi connectivity index (χ1n) is 7.46. The van der Waals surface area contributed by atoms with Crippen molar-refractivity contribution in [3.63, 3.8) is 0 Å². The maximum Gasteiger partial charge on any atom is 0.341 e. The van der Waals surface area contributed by atoms with Crippen molar-refractivity contribution in [1.29, 1.82) is 0 Å². The number of hydrogen-bond acceptors (Lipinski definition) is 3. The van der Waals surface area contributed by atoms with Gasteiger partial charge in [0.05, 0.1) is 11.7 Å². The zero-order valence-electron chi connectivity index (χ0n) is 12.9. The number of nitrogens with zero attached hydrogens (tertiary/aromatic N) is 4. The number of aromatic carboxylic acids is 1. The first kappa shape index (κ1) is 14.2. The summed E-state index contributed by atoms with van der Waals surface area (Å²) in [6.07, 6.45) is 4.92. The fourth-order valence-electron chi connectivity index (χ4n) is 2.82. The number of pyridine rings is 1. The van der Waals surface area contributed by atoms with Gasteiger partial charge in [-0.3, -0.25) is 0 Å². The lowest BCUT2D eigenvalue weighted by atomic mass is 10.1. The highest BCUT2D eigenvalue weighted by Gasteiger charge is 2.20. The van der Waals surface area contributed by atoms with Crippen molar-refractivity contribution in [2.45, 2.75) is 6.92 Å². The standard InChI is InChI=1S/C18H14N4O2/c1-12-10-16(20-15-7-3-2-6-13(12)15)22-17(21-8-4-5-9-21)14(11-19-22)18(23)24/h2-11H,1H3,(H,23,24). The van der Waals surface area contributed by atoms with Crippen LogP contribution in [0.2, 0.25) is 0 Å². The molecule has 4 rings (SSSR count). The third-order valence-electron chi connectivity index (χ3n) is 3.95. The fraction of sp³-hybridized carbons (Fsp3) is 0.0556. The average Bonchev–Trinajstić information content (AvgIpc) is 3.23. The third kappa shape index (κ3) is 2.16. The molecule has 0 aliphatic rings. The molecule has 0 amide bonds.